The Morgan fingerprint density at radius 3 is 3.04 bits per heavy atom. The predicted molar refractivity (Wildman–Crippen MR) is 94.2 cm³/mol. The maximum Gasteiger partial charge on any atom is 0.261 e. The lowest BCUT2D eigenvalue weighted by molar-refractivity contribution is 0.0940. The van der Waals surface area contributed by atoms with E-state index in [0.29, 0.717) is 17.2 Å². The summed E-state index contributed by atoms with van der Waals surface area (Å²) in [6, 6.07) is 9.58. The molecule has 7 heteroatoms. The van der Waals surface area contributed by atoms with Crippen molar-refractivity contribution in [1.29, 1.82) is 0 Å². The first-order valence-corrected chi connectivity index (χ1v) is 8.72. The number of rotatable bonds is 7. The number of carbonyl (C=O) groups excluding carboxylic acids is 1. The zero-order valence-corrected chi connectivity index (χ0v) is 14.5. The third-order valence-electron chi connectivity index (χ3n) is 3.48. The van der Waals surface area contributed by atoms with E-state index in [0.717, 1.165) is 5.56 Å². The molecule has 1 aromatic carbocycles. The highest BCUT2D eigenvalue weighted by molar-refractivity contribution is 7.12. The monoisotopic (exact) mass is 359 g/mol. The molecule has 0 saturated heterocycles. The van der Waals surface area contributed by atoms with E-state index in [-0.39, 0.29) is 24.4 Å². The summed E-state index contributed by atoms with van der Waals surface area (Å²) >= 11 is 1.36. The van der Waals surface area contributed by atoms with Gasteiger partial charge in [-0.1, -0.05) is 6.07 Å². The molecule has 3 rings (SSSR count). The van der Waals surface area contributed by atoms with Gasteiger partial charge < -0.3 is 10.1 Å². The van der Waals surface area contributed by atoms with E-state index in [1.165, 1.54) is 23.5 Å². The number of nitrogens with zero attached hydrogens (tertiary/aromatic N) is 2. The largest absolute Gasteiger partial charge is 0.489 e. The molecule has 2 aromatic heterocycles. The van der Waals surface area contributed by atoms with Crippen LogP contribution in [-0.2, 0) is 13.2 Å². The van der Waals surface area contributed by atoms with E-state index in [4.69, 9.17) is 4.74 Å². The fourth-order valence-electron chi connectivity index (χ4n) is 2.32. The van der Waals surface area contributed by atoms with Gasteiger partial charge >= 0.3 is 0 Å². The summed E-state index contributed by atoms with van der Waals surface area (Å²) in [6.45, 7) is 2.83. The van der Waals surface area contributed by atoms with Crippen LogP contribution in [0.3, 0.4) is 0 Å². The third-order valence-corrected chi connectivity index (χ3v) is 4.45. The van der Waals surface area contributed by atoms with E-state index in [1.54, 1.807) is 29.1 Å². The molecule has 25 heavy (non-hydrogen) atoms. The van der Waals surface area contributed by atoms with Crippen LogP contribution in [0.2, 0.25) is 0 Å². The van der Waals surface area contributed by atoms with Crippen molar-refractivity contribution in [3.8, 4) is 5.75 Å². The van der Waals surface area contributed by atoms with Gasteiger partial charge in [-0.25, -0.2) is 4.39 Å². The van der Waals surface area contributed by atoms with Crippen LogP contribution < -0.4 is 10.1 Å². The van der Waals surface area contributed by atoms with Crippen LogP contribution in [0.4, 0.5) is 4.39 Å². The van der Waals surface area contributed by atoms with Gasteiger partial charge in [-0.15, -0.1) is 11.3 Å². The number of halogens is 1. The molecular formula is C18H18FN3O2S. The van der Waals surface area contributed by atoms with Crippen molar-refractivity contribution in [1.82, 2.24) is 15.1 Å². The minimum absolute atomic E-state index is 0.0403. The average Bonchev–Trinajstić information content (AvgIpc) is 3.24. The summed E-state index contributed by atoms with van der Waals surface area (Å²) in [5.74, 6) is 0.000707. The first-order chi connectivity index (χ1) is 12.1. The molecule has 1 unspecified atom stereocenters. The predicted octanol–water partition coefficient (Wildman–Crippen LogP) is 3.48. The van der Waals surface area contributed by atoms with Gasteiger partial charge in [0, 0.05) is 30.1 Å². The molecule has 0 aliphatic carbocycles. The van der Waals surface area contributed by atoms with Crippen LogP contribution in [0.25, 0.3) is 0 Å². The normalized spacial score (nSPS) is 11.9. The SMILES string of the molecule is CC(Cn1cccn1)NC(=O)c1cc(COc2cccc(F)c2)cs1. The molecule has 0 aliphatic rings. The zero-order chi connectivity index (χ0) is 17.6. The molecule has 1 amide bonds. The number of carbonyl (C=O) groups is 1. The van der Waals surface area contributed by atoms with E-state index in [2.05, 4.69) is 10.4 Å². The topological polar surface area (TPSA) is 56.2 Å². The highest BCUT2D eigenvalue weighted by Crippen LogP contribution is 2.18. The number of hydrogen-bond donors (Lipinski definition) is 1. The van der Waals surface area contributed by atoms with Gasteiger partial charge in [0.2, 0.25) is 0 Å². The van der Waals surface area contributed by atoms with Gasteiger partial charge in [-0.3, -0.25) is 9.48 Å². The van der Waals surface area contributed by atoms with Crippen LogP contribution in [-0.4, -0.2) is 21.7 Å². The van der Waals surface area contributed by atoms with E-state index in [9.17, 15) is 9.18 Å². The fraction of sp³-hybridized carbons (Fsp3) is 0.222. The molecule has 5 nitrogen and oxygen atoms in total. The molecule has 2 heterocycles. The molecular weight excluding hydrogens is 341 g/mol. The average molecular weight is 359 g/mol. The van der Waals surface area contributed by atoms with Gasteiger partial charge in [0.25, 0.3) is 5.91 Å². The standard InChI is InChI=1S/C18H18FN3O2S/c1-13(10-22-7-3-6-20-22)21-18(23)17-8-14(12-25-17)11-24-16-5-2-4-15(19)9-16/h2-9,12-13H,10-11H2,1H3,(H,21,23). The van der Waals surface area contributed by atoms with Gasteiger partial charge in [0.15, 0.2) is 0 Å². The molecule has 0 radical (unpaired) electrons. The van der Waals surface area contributed by atoms with Gasteiger partial charge in [-0.2, -0.15) is 5.10 Å². The van der Waals surface area contributed by atoms with Crippen LogP contribution in [0.1, 0.15) is 22.2 Å². The highest BCUT2D eigenvalue weighted by atomic mass is 32.1. The van der Waals surface area contributed by atoms with Crippen molar-refractivity contribution >= 4 is 17.2 Å². The molecule has 0 spiro atoms. The van der Waals surface area contributed by atoms with Gasteiger partial charge in [0.05, 0.1) is 11.4 Å². The number of nitrogens with one attached hydrogen (secondary N) is 1. The first kappa shape index (κ1) is 17.2. The molecule has 0 aliphatic heterocycles. The summed E-state index contributed by atoms with van der Waals surface area (Å²) in [7, 11) is 0. The van der Waals surface area contributed by atoms with E-state index < -0.39 is 0 Å². The molecule has 1 N–H and O–H groups in total. The van der Waals surface area contributed by atoms with Crippen molar-refractivity contribution in [2.24, 2.45) is 0 Å². The quantitative estimate of drug-likeness (QED) is 0.703. The number of ether oxygens (including phenoxy) is 1. The third kappa shape index (κ3) is 4.90. The Kier molecular flexibility index (Phi) is 5.45. The first-order valence-electron chi connectivity index (χ1n) is 7.84. The van der Waals surface area contributed by atoms with E-state index >= 15 is 0 Å². The molecule has 3 aromatic rings. The van der Waals surface area contributed by atoms with Crippen molar-refractivity contribution < 1.29 is 13.9 Å². The molecule has 0 fully saturated rings. The second-order valence-electron chi connectivity index (χ2n) is 5.67. The number of benzene rings is 1. The Hall–Kier alpha value is -2.67. The Morgan fingerprint density at radius 1 is 1.40 bits per heavy atom. The van der Waals surface area contributed by atoms with Gasteiger partial charge in [-0.05, 0) is 36.6 Å². The summed E-state index contributed by atoms with van der Waals surface area (Å²) in [5, 5.41) is 8.94. The Balaban J connectivity index is 1.52. The van der Waals surface area contributed by atoms with Gasteiger partial charge in [0.1, 0.15) is 18.2 Å². The van der Waals surface area contributed by atoms with Crippen molar-refractivity contribution in [3.05, 3.63) is 70.4 Å². The number of hydrogen-bond acceptors (Lipinski definition) is 4. The van der Waals surface area contributed by atoms with Crippen molar-refractivity contribution in [2.45, 2.75) is 26.1 Å². The van der Waals surface area contributed by atoms with Crippen molar-refractivity contribution in [3.63, 3.8) is 0 Å². The second-order valence-corrected chi connectivity index (χ2v) is 6.58. The van der Waals surface area contributed by atoms with Crippen LogP contribution >= 0.6 is 11.3 Å². The summed E-state index contributed by atoms with van der Waals surface area (Å²) in [6.07, 6.45) is 3.56. The highest BCUT2D eigenvalue weighted by Gasteiger charge is 2.13. The summed E-state index contributed by atoms with van der Waals surface area (Å²) in [4.78, 5) is 12.9. The van der Waals surface area contributed by atoms with Crippen molar-refractivity contribution in [2.75, 3.05) is 0 Å². The maximum absolute atomic E-state index is 13.1. The Morgan fingerprint density at radius 2 is 2.28 bits per heavy atom. The lowest BCUT2D eigenvalue weighted by Crippen LogP contribution is -2.35. The lowest BCUT2D eigenvalue weighted by Gasteiger charge is -2.13. The Bertz CT molecular complexity index is 832. The number of thiophene rings is 1. The van der Waals surface area contributed by atoms with Crippen LogP contribution in [0, 0.1) is 5.82 Å². The minimum atomic E-state index is -0.339. The maximum atomic E-state index is 13.1. The van der Waals surface area contributed by atoms with Crippen LogP contribution in [0.5, 0.6) is 5.75 Å². The van der Waals surface area contributed by atoms with Crippen LogP contribution in [0.15, 0.2) is 54.2 Å². The number of amides is 1. The molecule has 130 valence electrons. The Labute approximate surface area is 149 Å². The minimum Gasteiger partial charge on any atom is -0.489 e. The molecule has 1 atom stereocenters. The summed E-state index contributed by atoms with van der Waals surface area (Å²) < 4.78 is 20.4. The smallest absolute Gasteiger partial charge is 0.261 e. The lowest BCUT2D eigenvalue weighted by atomic mass is 10.3. The molecule has 0 bridgehead atoms. The zero-order valence-electron chi connectivity index (χ0n) is 13.7. The van der Waals surface area contributed by atoms with E-state index in [1.807, 2.05) is 24.6 Å². The fourth-order valence-corrected chi connectivity index (χ4v) is 3.12. The second kappa shape index (κ2) is 7.94. The number of aromatic nitrogens is 2. The summed E-state index contributed by atoms with van der Waals surface area (Å²) in [5.41, 5.74) is 0.874. The molecule has 0 saturated carbocycles.